The van der Waals surface area contributed by atoms with Gasteiger partial charge in [-0.2, -0.15) is 9.66 Å². The average molecular weight is 350 g/mol. The zero-order chi connectivity index (χ0) is 18.3. The molecule has 1 fully saturated rings. The van der Waals surface area contributed by atoms with Crippen LogP contribution in [0.2, 0.25) is 0 Å². The van der Waals surface area contributed by atoms with Crippen LogP contribution in [0.5, 0.6) is 0 Å². The summed E-state index contributed by atoms with van der Waals surface area (Å²) in [5, 5.41) is 19.3. The molecule has 1 aliphatic rings. The standard InChI is InChI=1S/C14H18N6O5/c1-2-4-18-9-10(17-13(15)20(16)11(9)23)19(14(18)24)12-8(22)6-7(25-12)3-5-21/h1,7-8,12,21-22H,3-6,16H2,(H2,15,17)/t7-,8-,12-/m1/s1. The second-order valence-electron chi connectivity index (χ2n) is 5.72. The fourth-order valence-corrected chi connectivity index (χ4v) is 3.01. The van der Waals surface area contributed by atoms with E-state index in [2.05, 4.69) is 10.9 Å². The Morgan fingerprint density at radius 2 is 2.16 bits per heavy atom. The van der Waals surface area contributed by atoms with Crippen molar-refractivity contribution in [3.05, 3.63) is 20.8 Å². The van der Waals surface area contributed by atoms with Gasteiger partial charge in [0.1, 0.15) is 6.10 Å². The van der Waals surface area contributed by atoms with Crippen molar-refractivity contribution in [1.29, 1.82) is 0 Å². The van der Waals surface area contributed by atoms with Crippen molar-refractivity contribution in [2.45, 2.75) is 37.8 Å². The van der Waals surface area contributed by atoms with Crippen molar-refractivity contribution >= 4 is 17.1 Å². The van der Waals surface area contributed by atoms with Crippen molar-refractivity contribution in [1.82, 2.24) is 18.8 Å². The van der Waals surface area contributed by atoms with Gasteiger partial charge in [0.05, 0.1) is 12.6 Å². The van der Waals surface area contributed by atoms with E-state index in [-0.39, 0.29) is 36.7 Å². The van der Waals surface area contributed by atoms with Gasteiger partial charge in [0, 0.05) is 13.0 Å². The Balaban J connectivity index is 2.26. The fourth-order valence-electron chi connectivity index (χ4n) is 3.01. The summed E-state index contributed by atoms with van der Waals surface area (Å²) in [5.74, 6) is 7.53. The van der Waals surface area contributed by atoms with E-state index in [0.717, 1.165) is 9.13 Å². The summed E-state index contributed by atoms with van der Waals surface area (Å²) in [4.78, 5) is 29.2. The highest BCUT2D eigenvalue weighted by molar-refractivity contribution is 5.72. The Bertz CT molecular complexity index is 967. The van der Waals surface area contributed by atoms with Gasteiger partial charge in [-0.25, -0.2) is 9.36 Å². The second kappa shape index (κ2) is 6.25. The van der Waals surface area contributed by atoms with E-state index < -0.39 is 29.7 Å². The molecule has 0 saturated carbocycles. The van der Waals surface area contributed by atoms with Crippen molar-refractivity contribution < 1.29 is 14.9 Å². The second-order valence-corrected chi connectivity index (χ2v) is 5.72. The van der Waals surface area contributed by atoms with Crippen LogP contribution in [0.1, 0.15) is 19.1 Å². The number of anilines is 1. The van der Waals surface area contributed by atoms with Crippen LogP contribution < -0.4 is 22.8 Å². The van der Waals surface area contributed by atoms with Gasteiger partial charge in [0.2, 0.25) is 5.95 Å². The van der Waals surface area contributed by atoms with Crippen LogP contribution >= 0.6 is 0 Å². The Labute approximate surface area is 141 Å². The van der Waals surface area contributed by atoms with Gasteiger partial charge in [-0.3, -0.25) is 9.36 Å². The molecule has 0 bridgehead atoms. The molecule has 0 unspecified atom stereocenters. The summed E-state index contributed by atoms with van der Waals surface area (Å²) in [5.41, 5.74) is 4.02. The number of nitrogens with zero attached hydrogens (tertiary/aromatic N) is 4. The lowest BCUT2D eigenvalue weighted by atomic mass is 10.1. The number of imidazole rings is 1. The highest BCUT2D eigenvalue weighted by Gasteiger charge is 2.38. The number of ether oxygens (including phenoxy) is 1. The molecular weight excluding hydrogens is 332 g/mol. The molecule has 0 aliphatic carbocycles. The Kier molecular flexibility index (Phi) is 4.25. The molecule has 0 radical (unpaired) electrons. The van der Waals surface area contributed by atoms with E-state index in [1.807, 2.05) is 0 Å². The molecule has 2 aromatic rings. The summed E-state index contributed by atoms with van der Waals surface area (Å²) < 4.78 is 8.35. The summed E-state index contributed by atoms with van der Waals surface area (Å²) >= 11 is 0. The molecule has 3 atom stereocenters. The minimum atomic E-state index is -1.08. The predicted molar refractivity (Wildman–Crippen MR) is 87.9 cm³/mol. The molecule has 0 amide bonds. The van der Waals surface area contributed by atoms with Gasteiger partial charge in [0.15, 0.2) is 17.4 Å². The van der Waals surface area contributed by atoms with Crippen molar-refractivity contribution in [3.8, 4) is 12.3 Å². The summed E-state index contributed by atoms with van der Waals surface area (Å²) in [6.07, 6.45) is 3.27. The van der Waals surface area contributed by atoms with Crippen LogP contribution in [0.3, 0.4) is 0 Å². The van der Waals surface area contributed by atoms with Crippen molar-refractivity contribution in [2.24, 2.45) is 0 Å². The summed E-state index contributed by atoms with van der Waals surface area (Å²) in [6, 6.07) is 0. The molecule has 1 aliphatic heterocycles. The maximum absolute atomic E-state index is 12.8. The minimum absolute atomic E-state index is 0.0712. The number of fused-ring (bicyclic) bond motifs is 1. The summed E-state index contributed by atoms with van der Waals surface area (Å²) in [6.45, 7) is -0.313. The Hall–Kier alpha value is -2.81. The topological polar surface area (TPSA) is 164 Å². The lowest BCUT2D eigenvalue weighted by Crippen LogP contribution is -2.32. The number of aliphatic hydroxyl groups is 2. The molecular formula is C14H18N6O5. The lowest BCUT2D eigenvalue weighted by Gasteiger charge is -2.16. The SMILES string of the molecule is C#CCn1c(=O)n([C@@H]2O[C@H](CCO)C[C@H]2O)c2nc(N)n(N)c(=O)c21. The molecule has 11 heteroatoms. The first-order chi connectivity index (χ1) is 11.9. The van der Waals surface area contributed by atoms with Crippen LogP contribution in [0.25, 0.3) is 11.2 Å². The Morgan fingerprint density at radius 3 is 2.80 bits per heavy atom. The number of rotatable bonds is 4. The molecule has 6 N–H and O–H groups in total. The van der Waals surface area contributed by atoms with Crippen LogP contribution in [-0.4, -0.2) is 47.8 Å². The third kappa shape index (κ3) is 2.56. The lowest BCUT2D eigenvalue weighted by molar-refractivity contribution is -0.0420. The van der Waals surface area contributed by atoms with E-state index in [1.165, 1.54) is 0 Å². The monoisotopic (exact) mass is 350 g/mol. The first-order valence-corrected chi connectivity index (χ1v) is 7.56. The van der Waals surface area contributed by atoms with E-state index >= 15 is 0 Å². The number of nitrogen functional groups attached to an aromatic ring is 2. The quantitative estimate of drug-likeness (QED) is 0.342. The van der Waals surface area contributed by atoms with E-state index in [0.29, 0.717) is 11.1 Å². The molecule has 0 spiro atoms. The van der Waals surface area contributed by atoms with Gasteiger partial charge in [-0.05, 0) is 6.42 Å². The van der Waals surface area contributed by atoms with Crippen LogP contribution in [-0.2, 0) is 11.3 Å². The van der Waals surface area contributed by atoms with E-state index in [1.54, 1.807) is 0 Å². The number of aliphatic hydroxyl groups excluding tert-OH is 2. The van der Waals surface area contributed by atoms with Gasteiger partial charge in [-0.15, -0.1) is 6.42 Å². The van der Waals surface area contributed by atoms with Crippen LogP contribution in [0, 0.1) is 12.3 Å². The number of aromatic nitrogens is 4. The fraction of sp³-hybridized carbons (Fsp3) is 0.500. The normalized spacial score (nSPS) is 23.2. The molecule has 1 saturated heterocycles. The first-order valence-electron chi connectivity index (χ1n) is 7.56. The predicted octanol–water partition coefficient (Wildman–Crippen LogP) is -2.68. The molecule has 25 heavy (non-hydrogen) atoms. The summed E-state index contributed by atoms with van der Waals surface area (Å²) in [7, 11) is 0. The van der Waals surface area contributed by atoms with Gasteiger partial charge >= 0.3 is 5.69 Å². The molecule has 3 rings (SSSR count). The Morgan fingerprint density at radius 1 is 1.44 bits per heavy atom. The molecule has 134 valence electrons. The van der Waals surface area contributed by atoms with E-state index in [9.17, 15) is 14.7 Å². The van der Waals surface area contributed by atoms with Crippen LogP contribution in [0.15, 0.2) is 9.59 Å². The zero-order valence-electron chi connectivity index (χ0n) is 13.2. The van der Waals surface area contributed by atoms with Crippen molar-refractivity contribution in [3.63, 3.8) is 0 Å². The van der Waals surface area contributed by atoms with Crippen molar-refractivity contribution in [2.75, 3.05) is 18.2 Å². The van der Waals surface area contributed by atoms with Gasteiger partial charge < -0.3 is 26.5 Å². The minimum Gasteiger partial charge on any atom is -0.396 e. The third-order valence-corrected chi connectivity index (χ3v) is 4.16. The maximum atomic E-state index is 12.8. The average Bonchev–Trinajstić information content (AvgIpc) is 3.04. The van der Waals surface area contributed by atoms with Gasteiger partial charge in [-0.1, -0.05) is 5.92 Å². The van der Waals surface area contributed by atoms with Gasteiger partial charge in [0.25, 0.3) is 5.56 Å². The number of terminal acetylenes is 1. The highest BCUT2D eigenvalue weighted by atomic mass is 16.5. The number of hydrogen-bond acceptors (Lipinski definition) is 8. The smallest absolute Gasteiger partial charge is 0.333 e. The van der Waals surface area contributed by atoms with Crippen LogP contribution in [0.4, 0.5) is 5.95 Å². The maximum Gasteiger partial charge on any atom is 0.333 e. The number of nitrogens with two attached hydrogens (primary N) is 2. The molecule has 11 nitrogen and oxygen atoms in total. The van der Waals surface area contributed by atoms with E-state index in [4.69, 9.17) is 27.8 Å². The molecule has 3 heterocycles. The third-order valence-electron chi connectivity index (χ3n) is 4.16. The first kappa shape index (κ1) is 17.0. The number of hydrogen-bond donors (Lipinski definition) is 4. The zero-order valence-corrected chi connectivity index (χ0v) is 13.2. The molecule has 0 aromatic carbocycles. The molecule has 2 aromatic heterocycles. The largest absolute Gasteiger partial charge is 0.396 e. The highest BCUT2D eigenvalue weighted by Crippen LogP contribution is 2.31.